The number of benzene rings is 2. The molecule has 1 saturated heterocycles. The van der Waals surface area contributed by atoms with Gasteiger partial charge in [0.25, 0.3) is 0 Å². The van der Waals surface area contributed by atoms with E-state index in [1.54, 1.807) is 12.1 Å². The molecule has 0 aliphatic carbocycles. The smallest absolute Gasteiger partial charge is 0.330 e. The van der Waals surface area contributed by atoms with Crippen molar-refractivity contribution in [2.24, 2.45) is 5.92 Å². The Kier molecular flexibility index (Phi) is 5.44. The van der Waals surface area contributed by atoms with E-state index in [2.05, 4.69) is 5.32 Å². The van der Waals surface area contributed by atoms with Gasteiger partial charge in [0.2, 0.25) is 11.8 Å². The standard InChI is InChI=1S/C21H21FN2O4/c1-12-9-13(2)11-14(10-12)18(21(27)28)23-19(25)17-7-8-24(20(17)26)16-5-3-15(22)4-6-16/h3-6,9-11,17-18H,7-8H2,1-2H3,(H,23,25)(H,27,28). The largest absolute Gasteiger partial charge is 0.479 e. The maximum atomic E-state index is 13.1. The molecule has 0 aromatic heterocycles. The lowest BCUT2D eigenvalue weighted by Gasteiger charge is -2.19. The van der Waals surface area contributed by atoms with Crippen LogP contribution >= 0.6 is 0 Å². The Labute approximate surface area is 162 Å². The zero-order chi connectivity index (χ0) is 20.4. The van der Waals surface area contributed by atoms with E-state index in [-0.39, 0.29) is 6.42 Å². The highest BCUT2D eigenvalue weighted by atomic mass is 19.1. The minimum atomic E-state index is -1.24. The van der Waals surface area contributed by atoms with Gasteiger partial charge in [0.1, 0.15) is 11.7 Å². The van der Waals surface area contributed by atoms with Crippen LogP contribution in [0.2, 0.25) is 0 Å². The molecule has 146 valence electrons. The second-order valence-electron chi connectivity index (χ2n) is 7.01. The molecule has 0 radical (unpaired) electrons. The van der Waals surface area contributed by atoms with Gasteiger partial charge in [-0.2, -0.15) is 0 Å². The normalized spacial score (nSPS) is 17.5. The summed E-state index contributed by atoms with van der Waals surface area (Å²) in [6.45, 7) is 4.00. The minimum absolute atomic E-state index is 0.265. The number of amides is 2. The second-order valence-corrected chi connectivity index (χ2v) is 7.01. The fourth-order valence-electron chi connectivity index (χ4n) is 3.51. The van der Waals surface area contributed by atoms with Crippen LogP contribution in [0, 0.1) is 25.6 Å². The first-order valence-corrected chi connectivity index (χ1v) is 8.94. The van der Waals surface area contributed by atoms with Gasteiger partial charge in [-0.05, 0) is 50.1 Å². The molecule has 28 heavy (non-hydrogen) atoms. The van der Waals surface area contributed by atoms with Crippen LogP contribution in [-0.4, -0.2) is 29.4 Å². The number of aliphatic carboxylic acids is 1. The summed E-state index contributed by atoms with van der Waals surface area (Å²) in [4.78, 5) is 38.5. The van der Waals surface area contributed by atoms with E-state index in [1.165, 1.54) is 29.2 Å². The summed E-state index contributed by atoms with van der Waals surface area (Å²) in [5.41, 5.74) is 2.73. The van der Waals surface area contributed by atoms with Crippen LogP contribution in [0.4, 0.5) is 10.1 Å². The van der Waals surface area contributed by atoms with Crippen molar-refractivity contribution in [2.75, 3.05) is 11.4 Å². The number of hydrogen-bond acceptors (Lipinski definition) is 3. The van der Waals surface area contributed by atoms with Crippen molar-refractivity contribution in [2.45, 2.75) is 26.3 Å². The van der Waals surface area contributed by atoms with Gasteiger partial charge >= 0.3 is 5.97 Å². The topological polar surface area (TPSA) is 86.7 Å². The number of aryl methyl sites for hydroxylation is 2. The monoisotopic (exact) mass is 384 g/mol. The van der Waals surface area contributed by atoms with Crippen molar-refractivity contribution in [1.82, 2.24) is 5.32 Å². The highest BCUT2D eigenvalue weighted by Crippen LogP contribution is 2.26. The summed E-state index contributed by atoms with van der Waals surface area (Å²) in [6, 6.07) is 9.52. The number of nitrogens with one attached hydrogen (secondary N) is 1. The van der Waals surface area contributed by atoms with Crippen molar-refractivity contribution in [1.29, 1.82) is 0 Å². The lowest BCUT2D eigenvalue weighted by atomic mass is 10.00. The molecule has 2 unspecified atom stereocenters. The summed E-state index contributed by atoms with van der Waals surface area (Å²) in [5, 5.41) is 12.1. The number of carboxylic acids is 1. The summed E-state index contributed by atoms with van der Waals surface area (Å²) >= 11 is 0. The van der Waals surface area contributed by atoms with Crippen molar-refractivity contribution in [3.05, 3.63) is 65.0 Å². The fourth-order valence-corrected chi connectivity index (χ4v) is 3.51. The number of rotatable bonds is 5. The Morgan fingerprint density at radius 3 is 2.32 bits per heavy atom. The maximum absolute atomic E-state index is 13.1. The highest BCUT2D eigenvalue weighted by molar-refractivity contribution is 6.10. The van der Waals surface area contributed by atoms with Gasteiger partial charge < -0.3 is 15.3 Å². The van der Waals surface area contributed by atoms with Crippen LogP contribution in [0.25, 0.3) is 0 Å². The number of nitrogens with zero attached hydrogens (tertiary/aromatic N) is 1. The Morgan fingerprint density at radius 1 is 1.14 bits per heavy atom. The molecular weight excluding hydrogens is 363 g/mol. The molecule has 1 aliphatic rings. The first-order valence-electron chi connectivity index (χ1n) is 8.94. The van der Waals surface area contributed by atoms with Crippen molar-refractivity contribution in [3.63, 3.8) is 0 Å². The van der Waals surface area contributed by atoms with Crippen LogP contribution in [0.1, 0.15) is 29.2 Å². The number of anilines is 1. The molecule has 0 saturated carbocycles. The third-order valence-corrected chi connectivity index (χ3v) is 4.77. The third-order valence-electron chi connectivity index (χ3n) is 4.77. The lowest BCUT2D eigenvalue weighted by Crippen LogP contribution is -2.41. The molecule has 1 heterocycles. The predicted octanol–water partition coefficient (Wildman–Crippen LogP) is 2.74. The molecule has 7 heteroatoms. The number of carboxylic acid groups (broad SMARTS) is 1. The summed E-state index contributed by atoms with van der Waals surface area (Å²) < 4.78 is 13.1. The van der Waals surface area contributed by atoms with Crippen molar-refractivity contribution < 1.29 is 23.9 Å². The molecule has 1 fully saturated rings. The zero-order valence-electron chi connectivity index (χ0n) is 15.6. The van der Waals surface area contributed by atoms with Crippen LogP contribution in [0.15, 0.2) is 42.5 Å². The fraction of sp³-hybridized carbons (Fsp3) is 0.286. The van der Waals surface area contributed by atoms with E-state index in [9.17, 15) is 23.9 Å². The number of halogens is 1. The second kappa shape index (κ2) is 7.80. The molecule has 2 atom stereocenters. The average molecular weight is 384 g/mol. The van der Waals surface area contributed by atoms with Crippen molar-refractivity contribution >= 4 is 23.5 Å². The quantitative estimate of drug-likeness (QED) is 0.776. The Hall–Kier alpha value is -3.22. The SMILES string of the molecule is Cc1cc(C)cc(C(NC(=O)C2CCN(c3ccc(F)cc3)C2=O)C(=O)O)c1. The predicted molar refractivity (Wildman–Crippen MR) is 101 cm³/mol. The first-order chi connectivity index (χ1) is 13.3. The molecule has 2 amide bonds. The van der Waals surface area contributed by atoms with Crippen LogP contribution in [-0.2, 0) is 14.4 Å². The summed E-state index contributed by atoms with van der Waals surface area (Å²) in [7, 11) is 0. The van der Waals surface area contributed by atoms with Gasteiger partial charge in [-0.1, -0.05) is 29.3 Å². The average Bonchev–Trinajstić information content (AvgIpc) is 3.00. The Balaban J connectivity index is 1.76. The van der Waals surface area contributed by atoms with E-state index in [1.807, 2.05) is 19.9 Å². The Bertz CT molecular complexity index is 906. The van der Waals surface area contributed by atoms with Crippen LogP contribution in [0.5, 0.6) is 0 Å². The minimum Gasteiger partial charge on any atom is -0.479 e. The summed E-state index contributed by atoms with van der Waals surface area (Å²) in [5.74, 6) is -3.63. The number of hydrogen-bond donors (Lipinski definition) is 2. The van der Waals surface area contributed by atoms with Gasteiger partial charge in [-0.15, -0.1) is 0 Å². The van der Waals surface area contributed by atoms with Crippen LogP contribution < -0.4 is 10.2 Å². The summed E-state index contributed by atoms with van der Waals surface area (Å²) in [6.07, 6.45) is 0.265. The first kappa shape index (κ1) is 19.5. The third kappa shape index (κ3) is 4.03. The van der Waals surface area contributed by atoms with E-state index < -0.39 is 35.6 Å². The van der Waals surface area contributed by atoms with E-state index >= 15 is 0 Å². The van der Waals surface area contributed by atoms with E-state index in [0.717, 1.165) is 11.1 Å². The molecule has 0 bridgehead atoms. The van der Waals surface area contributed by atoms with E-state index in [4.69, 9.17) is 0 Å². The molecule has 2 aromatic rings. The molecule has 1 aliphatic heterocycles. The number of carbonyl (C=O) groups is 3. The maximum Gasteiger partial charge on any atom is 0.330 e. The lowest BCUT2D eigenvalue weighted by molar-refractivity contribution is -0.143. The molecular formula is C21H21FN2O4. The van der Waals surface area contributed by atoms with E-state index in [0.29, 0.717) is 17.8 Å². The Morgan fingerprint density at radius 2 is 1.75 bits per heavy atom. The zero-order valence-corrected chi connectivity index (χ0v) is 15.6. The van der Waals surface area contributed by atoms with Gasteiger partial charge in [-0.25, -0.2) is 9.18 Å². The van der Waals surface area contributed by atoms with Crippen LogP contribution in [0.3, 0.4) is 0 Å². The molecule has 2 aromatic carbocycles. The van der Waals surface area contributed by atoms with Gasteiger partial charge in [0.15, 0.2) is 6.04 Å². The number of carbonyl (C=O) groups excluding carboxylic acids is 2. The van der Waals surface area contributed by atoms with Crippen molar-refractivity contribution in [3.8, 4) is 0 Å². The molecule has 2 N–H and O–H groups in total. The molecule has 0 spiro atoms. The molecule has 6 nitrogen and oxygen atoms in total. The van der Waals surface area contributed by atoms with Gasteiger partial charge in [0, 0.05) is 12.2 Å². The van der Waals surface area contributed by atoms with Gasteiger partial charge in [0.05, 0.1) is 0 Å². The highest BCUT2D eigenvalue weighted by Gasteiger charge is 2.39. The van der Waals surface area contributed by atoms with Gasteiger partial charge in [-0.3, -0.25) is 9.59 Å². The molecule has 3 rings (SSSR count).